The summed E-state index contributed by atoms with van der Waals surface area (Å²) < 4.78 is 27.1. The maximum Gasteiger partial charge on any atom is 0.283 e. The Morgan fingerprint density at radius 2 is 1.95 bits per heavy atom. The number of nitro benzene ring substituents is 1. The van der Waals surface area contributed by atoms with Gasteiger partial charge in [-0.05, 0) is 12.1 Å². The molecule has 0 aliphatic carbocycles. The average molecular weight is 301 g/mol. The van der Waals surface area contributed by atoms with Crippen LogP contribution in [-0.4, -0.2) is 30.2 Å². The minimum Gasteiger partial charge on any atom is -0.341 e. The molecule has 1 fully saturated rings. The van der Waals surface area contributed by atoms with E-state index < -0.39 is 20.9 Å². The fraction of sp³-hybridized carbons (Fsp3) is 0.111. The van der Waals surface area contributed by atoms with Crippen molar-refractivity contribution in [1.82, 2.24) is 5.32 Å². The number of hydrogen-bond donors (Lipinski definition) is 1. The van der Waals surface area contributed by atoms with Gasteiger partial charge in [-0.1, -0.05) is 11.8 Å². The largest absolute Gasteiger partial charge is 0.341 e. The van der Waals surface area contributed by atoms with E-state index in [1.54, 1.807) is 0 Å². The van der Waals surface area contributed by atoms with Gasteiger partial charge in [-0.3, -0.25) is 14.9 Å². The predicted molar refractivity (Wildman–Crippen MR) is 68.3 cm³/mol. The standard InChI is InChI=1S/C9H7N3O5S2/c13-8-9(18-5-10-8)11-19(16,17)7-3-1-6(2-4-7)12(14)15/h1-4H,5H2,(H,10,13)/b11-9+. The van der Waals surface area contributed by atoms with Gasteiger partial charge in [0.1, 0.15) is 0 Å². The molecule has 1 aliphatic rings. The number of amides is 1. The van der Waals surface area contributed by atoms with Crippen LogP contribution in [0.3, 0.4) is 0 Å². The van der Waals surface area contributed by atoms with Gasteiger partial charge in [-0.15, -0.1) is 4.40 Å². The van der Waals surface area contributed by atoms with Crippen molar-refractivity contribution in [2.24, 2.45) is 4.40 Å². The van der Waals surface area contributed by atoms with E-state index in [0.717, 1.165) is 36.0 Å². The van der Waals surface area contributed by atoms with Crippen molar-refractivity contribution in [3.8, 4) is 0 Å². The Balaban J connectivity index is 2.34. The molecule has 0 atom stereocenters. The molecule has 100 valence electrons. The van der Waals surface area contributed by atoms with Crippen molar-refractivity contribution < 1.29 is 18.1 Å². The fourth-order valence-electron chi connectivity index (χ4n) is 1.28. The van der Waals surface area contributed by atoms with Crippen LogP contribution in [0.25, 0.3) is 0 Å². The first-order valence-electron chi connectivity index (χ1n) is 4.90. The molecule has 10 heteroatoms. The van der Waals surface area contributed by atoms with Crippen LogP contribution in [0, 0.1) is 10.1 Å². The van der Waals surface area contributed by atoms with Gasteiger partial charge in [0.15, 0.2) is 5.04 Å². The minimum absolute atomic E-state index is 0.140. The lowest BCUT2D eigenvalue weighted by molar-refractivity contribution is -0.384. The van der Waals surface area contributed by atoms with Gasteiger partial charge in [0.25, 0.3) is 21.6 Å². The van der Waals surface area contributed by atoms with Gasteiger partial charge in [0, 0.05) is 12.1 Å². The van der Waals surface area contributed by atoms with Crippen molar-refractivity contribution in [2.45, 2.75) is 4.90 Å². The summed E-state index contributed by atoms with van der Waals surface area (Å²) in [6.07, 6.45) is 0. The van der Waals surface area contributed by atoms with Crippen LogP contribution in [-0.2, 0) is 14.8 Å². The van der Waals surface area contributed by atoms with E-state index in [4.69, 9.17) is 0 Å². The number of thioether (sulfide) groups is 1. The van der Waals surface area contributed by atoms with E-state index in [1.807, 2.05) is 0 Å². The summed E-state index contributed by atoms with van der Waals surface area (Å²) in [4.78, 5) is 20.8. The van der Waals surface area contributed by atoms with Gasteiger partial charge in [0.2, 0.25) is 0 Å². The Labute approximate surface area is 112 Å². The molecule has 1 saturated heterocycles. The van der Waals surface area contributed by atoms with Crippen LogP contribution in [0.5, 0.6) is 0 Å². The van der Waals surface area contributed by atoms with E-state index in [2.05, 4.69) is 9.71 Å². The molecule has 2 rings (SSSR count). The molecular weight excluding hydrogens is 294 g/mol. The highest BCUT2D eigenvalue weighted by molar-refractivity contribution is 8.17. The summed E-state index contributed by atoms with van der Waals surface area (Å²) >= 11 is 0.982. The van der Waals surface area contributed by atoms with Crippen LogP contribution in [0.2, 0.25) is 0 Å². The third-order valence-electron chi connectivity index (χ3n) is 2.18. The molecular formula is C9H7N3O5S2. The highest BCUT2D eigenvalue weighted by atomic mass is 32.2. The Morgan fingerprint density at radius 3 is 2.42 bits per heavy atom. The maximum atomic E-state index is 11.9. The zero-order valence-electron chi connectivity index (χ0n) is 9.27. The molecule has 0 saturated carbocycles. The van der Waals surface area contributed by atoms with Crippen LogP contribution in [0.15, 0.2) is 33.6 Å². The maximum absolute atomic E-state index is 11.9. The van der Waals surface area contributed by atoms with E-state index in [-0.39, 0.29) is 21.5 Å². The highest BCUT2D eigenvalue weighted by Crippen LogP contribution is 2.20. The smallest absolute Gasteiger partial charge is 0.283 e. The number of hydrogen-bond acceptors (Lipinski definition) is 6. The van der Waals surface area contributed by atoms with Crippen LogP contribution in [0.1, 0.15) is 0 Å². The summed E-state index contributed by atoms with van der Waals surface area (Å²) in [5, 5.41) is 12.7. The number of benzene rings is 1. The van der Waals surface area contributed by atoms with E-state index in [9.17, 15) is 23.3 Å². The van der Waals surface area contributed by atoms with Crippen molar-refractivity contribution in [1.29, 1.82) is 0 Å². The fourth-order valence-corrected chi connectivity index (χ4v) is 3.22. The number of nitro groups is 1. The first-order chi connectivity index (χ1) is 8.90. The Kier molecular flexibility index (Phi) is 3.53. The van der Waals surface area contributed by atoms with E-state index >= 15 is 0 Å². The predicted octanol–water partition coefficient (Wildman–Crippen LogP) is 0.502. The SMILES string of the molecule is O=C1NCS/C1=N/S(=O)(=O)c1ccc([N+](=O)[O-])cc1. The Hall–Kier alpha value is -1.94. The van der Waals surface area contributed by atoms with Gasteiger partial charge in [-0.2, -0.15) is 8.42 Å². The lowest BCUT2D eigenvalue weighted by atomic mass is 10.3. The molecule has 1 aromatic carbocycles. The molecule has 1 aliphatic heterocycles. The van der Waals surface area contributed by atoms with Gasteiger partial charge in [0.05, 0.1) is 15.7 Å². The van der Waals surface area contributed by atoms with E-state index in [0.29, 0.717) is 0 Å². The third kappa shape index (κ3) is 2.90. The lowest BCUT2D eigenvalue weighted by Crippen LogP contribution is -2.19. The van der Waals surface area contributed by atoms with Gasteiger partial charge in [-0.25, -0.2) is 0 Å². The molecule has 0 spiro atoms. The van der Waals surface area contributed by atoms with Crippen molar-refractivity contribution in [3.63, 3.8) is 0 Å². The normalized spacial score (nSPS) is 17.5. The Morgan fingerprint density at radius 1 is 1.32 bits per heavy atom. The van der Waals surface area contributed by atoms with Gasteiger partial charge < -0.3 is 5.32 Å². The van der Waals surface area contributed by atoms with Crippen molar-refractivity contribution in [3.05, 3.63) is 34.4 Å². The molecule has 1 N–H and O–H groups in total. The zero-order valence-corrected chi connectivity index (χ0v) is 10.9. The number of carbonyl (C=O) groups is 1. The summed E-state index contributed by atoms with van der Waals surface area (Å²) in [5.74, 6) is -0.275. The monoisotopic (exact) mass is 301 g/mol. The number of nitrogens with zero attached hydrogens (tertiary/aromatic N) is 2. The van der Waals surface area contributed by atoms with Crippen molar-refractivity contribution >= 4 is 38.4 Å². The summed E-state index contributed by atoms with van der Waals surface area (Å²) in [6, 6.07) is 4.29. The van der Waals surface area contributed by atoms with Crippen LogP contribution < -0.4 is 5.32 Å². The number of non-ortho nitro benzene ring substituents is 1. The molecule has 0 radical (unpaired) electrons. The van der Waals surface area contributed by atoms with Gasteiger partial charge >= 0.3 is 0 Å². The molecule has 0 aromatic heterocycles. The number of rotatable bonds is 3. The average Bonchev–Trinajstić information content (AvgIpc) is 2.74. The lowest BCUT2D eigenvalue weighted by Gasteiger charge is -1.99. The molecule has 0 bridgehead atoms. The second-order valence-electron chi connectivity index (χ2n) is 3.42. The van der Waals surface area contributed by atoms with Crippen LogP contribution in [0.4, 0.5) is 5.69 Å². The topological polar surface area (TPSA) is 119 Å². The summed E-state index contributed by atoms with van der Waals surface area (Å²) in [7, 11) is -4.04. The highest BCUT2D eigenvalue weighted by Gasteiger charge is 2.24. The molecule has 1 aromatic rings. The number of sulfonamides is 1. The summed E-state index contributed by atoms with van der Waals surface area (Å²) in [5.41, 5.74) is -0.223. The molecule has 0 unspecified atom stereocenters. The zero-order chi connectivity index (χ0) is 14.0. The molecule has 1 amide bonds. The molecule has 1 heterocycles. The minimum atomic E-state index is -4.04. The Bertz CT molecular complexity index is 666. The van der Waals surface area contributed by atoms with Crippen LogP contribution >= 0.6 is 11.8 Å². The quantitative estimate of drug-likeness (QED) is 0.641. The summed E-state index contributed by atoms with van der Waals surface area (Å²) in [6.45, 7) is 0. The number of carbonyl (C=O) groups excluding carboxylic acids is 1. The second kappa shape index (κ2) is 4.97. The molecule has 19 heavy (non-hydrogen) atoms. The third-order valence-corrected chi connectivity index (χ3v) is 4.43. The number of nitrogens with one attached hydrogen (secondary N) is 1. The van der Waals surface area contributed by atoms with E-state index in [1.165, 1.54) is 0 Å². The molecule has 8 nitrogen and oxygen atoms in total. The van der Waals surface area contributed by atoms with Crippen molar-refractivity contribution in [2.75, 3.05) is 5.88 Å². The first kappa shape index (κ1) is 13.5. The first-order valence-corrected chi connectivity index (χ1v) is 7.33. The second-order valence-corrected chi connectivity index (χ2v) is 5.99.